The minimum absolute atomic E-state index is 0.527. The van der Waals surface area contributed by atoms with Crippen LogP contribution in [0.15, 0.2) is 23.1 Å². The summed E-state index contributed by atoms with van der Waals surface area (Å²) in [6.45, 7) is 0. The summed E-state index contributed by atoms with van der Waals surface area (Å²) in [5.74, 6) is -2.67. The number of ether oxygens (including phenoxy) is 1. The predicted octanol–water partition coefficient (Wildman–Crippen LogP) is -0.472. The summed E-state index contributed by atoms with van der Waals surface area (Å²) in [4.78, 5) is 32.4. The van der Waals surface area contributed by atoms with Crippen LogP contribution in [0.3, 0.4) is 0 Å². The Morgan fingerprint density at radius 3 is 2.25 bits per heavy atom. The molecule has 4 N–H and O–H groups in total. The molecule has 0 aliphatic rings. The molecule has 0 bridgehead atoms. The number of benzene rings is 1. The molecule has 0 saturated heterocycles. The third-order valence-corrected chi connectivity index (χ3v) is 3.60. The van der Waals surface area contributed by atoms with Crippen LogP contribution in [0.2, 0.25) is 0 Å². The summed E-state index contributed by atoms with van der Waals surface area (Å²) in [6.07, 6.45) is 0. The van der Waals surface area contributed by atoms with Crippen LogP contribution in [0.1, 0.15) is 20.7 Å². The Morgan fingerprint density at radius 1 is 1.25 bits per heavy atom. The summed E-state index contributed by atoms with van der Waals surface area (Å²) in [7, 11) is -3.63. The van der Waals surface area contributed by atoms with E-state index in [1.54, 1.807) is 0 Å². The molecule has 20 heavy (non-hydrogen) atoms. The number of urea groups is 1. The van der Waals surface area contributed by atoms with Crippen molar-refractivity contribution in [3.05, 3.63) is 29.3 Å². The first-order chi connectivity index (χ1) is 9.20. The van der Waals surface area contributed by atoms with Gasteiger partial charge in [0, 0.05) is 0 Å². The van der Waals surface area contributed by atoms with Crippen molar-refractivity contribution in [1.82, 2.24) is 4.72 Å². The van der Waals surface area contributed by atoms with E-state index >= 15 is 0 Å². The molecule has 108 valence electrons. The molecular weight excluding hydrogens is 292 g/mol. The van der Waals surface area contributed by atoms with E-state index < -0.39 is 44.0 Å². The lowest BCUT2D eigenvalue weighted by atomic mass is 10.1. The van der Waals surface area contributed by atoms with Crippen LogP contribution in [0, 0.1) is 0 Å². The molecule has 0 atom stereocenters. The van der Waals surface area contributed by atoms with Crippen molar-refractivity contribution < 1.29 is 32.6 Å². The zero-order valence-corrected chi connectivity index (χ0v) is 10.9. The van der Waals surface area contributed by atoms with Gasteiger partial charge in [-0.25, -0.2) is 27.5 Å². The van der Waals surface area contributed by atoms with Gasteiger partial charge in [0.2, 0.25) is 0 Å². The van der Waals surface area contributed by atoms with Gasteiger partial charge in [-0.05, 0) is 12.1 Å². The summed E-state index contributed by atoms with van der Waals surface area (Å²) in [6, 6.07) is 1.76. The van der Waals surface area contributed by atoms with Gasteiger partial charge in [0.1, 0.15) is 4.90 Å². The van der Waals surface area contributed by atoms with Gasteiger partial charge >= 0.3 is 18.0 Å². The molecule has 2 amide bonds. The maximum absolute atomic E-state index is 11.9. The van der Waals surface area contributed by atoms with Crippen molar-refractivity contribution in [1.29, 1.82) is 0 Å². The Kier molecular flexibility index (Phi) is 4.30. The molecule has 1 aromatic rings. The van der Waals surface area contributed by atoms with Crippen LogP contribution >= 0.6 is 0 Å². The number of methoxy groups -OCH3 is 1. The second-order valence-electron chi connectivity index (χ2n) is 3.45. The largest absolute Gasteiger partial charge is 0.478 e. The molecule has 0 unspecified atom stereocenters. The van der Waals surface area contributed by atoms with Crippen LogP contribution in [0.25, 0.3) is 0 Å². The smallest absolute Gasteiger partial charge is 0.339 e. The Hall–Kier alpha value is -2.62. The molecule has 0 aliphatic carbocycles. The van der Waals surface area contributed by atoms with E-state index in [1.165, 1.54) is 10.8 Å². The maximum Gasteiger partial charge on any atom is 0.339 e. The first-order valence-electron chi connectivity index (χ1n) is 4.97. The molecule has 0 aliphatic heterocycles. The minimum Gasteiger partial charge on any atom is -0.478 e. The van der Waals surface area contributed by atoms with E-state index in [1.807, 2.05) is 0 Å². The Bertz CT molecular complexity index is 681. The number of carbonyl (C=O) groups excluding carboxylic acids is 2. The first kappa shape index (κ1) is 15.4. The summed E-state index contributed by atoms with van der Waals surface area (Å²) in [5.41, 5.74) is 3.49. The van der Waals surface area contributed by atoms with Crippen molar-refractivity contribution in [2.24, 2.45) is 5.73 Å². The summed E-state index contributed by atoms with van der Waals surface area (Å²) >= 11 is 0. The van der Waals surface area contributed by atoms with Crippen LogP contribution in [-0.4, -0.2) is 38.6 Å². The molecule has 0 spiro atoms. The molecule has 1 rings (SSSR count). The molecule has 0 heterocycles. The van der Waals surface area contributed by atoms with Gasteiger partial charge in [-0.15, -0.1) is 0 Å². The second kappa shape index (κ2) is 5.57. The molecule has 1 aromatic carbocycles. The highest BCUT2D eigenvalue weighted by atomic mass is 32.2. The minimum atomic E-state index is -4.63. The number of nitrogens with two attached hydrogens (primary N) is 1. The average molecular weight is 302 g/mol. The Labute approximate surface area is 113 Å². The third-order valence-electron chi connectivity index (χ3n) is 2.15. The summed E-state index contributed by atoms with van der Waals surface area (Å²) in [5, 5.41) is 8.98. The number of carboxylic acid groups (broad SMARTS) is 1. The van der Waals surface area contributed by atoms with E-state index in [2.05, 4.69) is 4.74 Å². The van der Waals surface area contributed by atoms with Gasteiger partial charge in [-0.2, -0.15) is 0 Å². The lowest BCUT2D eigenvalue weighted by molar-refractivity contribution is 0.0596. The van der Waals surface area contributed by atoms with Gasteiger partial charge in [0.05, 0.1) is 18.2 Å². The van der Waals surface area contributed by atoms with E-state index in [-0.39, 0.29) is 0 Å². The fourth-order valence-electron chi connectivity index (χ4n) is 1.45. The summed E-state index contributed by atoms with van der Waals surface area (Å²) < 4.78 is 29.6. The number of carboxylic acids is 1. The zero-order valence-electron chi connectivity index (χ0n) is 10.1. The first-order valence-corrected chi connectivity index (χ1v) is 6.46. The van der Waals surface area contributed by atoms with E-state index in [9.17, 15) is 22.8 Å². The molecule has 9 nitrogen and oxygen atoms in total. The normalized spacial score (nSPS) is 10.7. The van der Waals surface area contributed by atoms with Gasteiger partial charge in [0.15, 0.2) is 0 Å². The lowest BCUT2D eigenvalue weighted by Gasteiger charge is -2.11. The van der Waals surface area contributed by atoms with Crippen LogP contribution in [0.5, 0.6) is 0 Å². The monoisotopic (exact) mass is 302 g/mol. The highest BCUT2D eigenvalue weighted by molar-refractivity contribution is 7.90. The SMILES string of the molecule is COC(=O)c1cccc(C(=O)O)c1S(=O)(=O)NC(N)=O. The van der Waals surface area contributed by atoms with Crippen molar-refractivity contribution in [2.75, 3.05) is 7.11 Å². The van der Waals surface area contributed by atoms with E-state index in [0.29, 0.717) is 0 Å². The van der Waals surface area contributed by atoms with Crippen molar-refractivity contribution in [3.63, 3.8) is 0 Å². The van der Waals surface area contributed by atoms with Crippen molar-refractivity contribution in [3.8, 4) is 0 Å². The number of hydrogen-bond donors (Lipinski definition) is 3. The van der Waals surface area contributed by atoms with Gasteiger partial charge in [0.25, 0.3) is 10.0 Å². The quantitative estimate of drug-likeness (QED) is 0.635. The molecule has 0 saturated carbocycles. The van der Waals surface area contributed by atoms with Crippen LogP contribution in [0.4, 0.5) is 4.79 Å². The molecule has 0 aromatic heterocycles. The predicted molar refractivity (Wildman–Crippen MR) is 64.6 cm³/mol. The highest BCUT2D eigenvalue weighted by Gasteiger charge is 2.30. The van der Waals surface area contributed by atoms with Crippen LogP contribution < -0.4 is 10.5 Å². The van der Waals surface area contributed by atoms with Gasteiger partial charge in [-0.1, -0.05) is 6.07 Å². The number of primary amides is 1. The fraction of sp³-hybridized carbons (Fsp3) is 0.100. The number of esters is 1. The number of rotatable bonds is 4. The van der Waals surface area contributed by atoms with E-state index in [0.717, 1.165) is 19.2 Å². The second-order valence-corrected chi connectivity index (χ2v) is 5.07. The average Bonchev–Trinajstić information content (AvgIpc) is 2.35. The van der Waals surface area contributed by atoms with Crippen LogP contribution in [-0.2, 0) is 14.8 Å². The highest BCUT2D eigenvalue weighted by Crippen LogP contribution is 2.21. The maximum atomic E-state index is 11.9. The topological polar surface area (TPSA) is 153 Å². The number of aromatic carboxylic acids is 1. The third kappa shape index (κ3) is 3.03. The lowest BCUT2D eigenvalue weighted by Crippen LogP contribution is -2.36. The number of hydrogen-bond acceptors (Lipinski definition) is 6. The number of carbonyl (C=O) groups is 3. The van der Waals surface area contributed by atoms with E-state index in [4.69, 9.17) is 10.8 Å². The molecule has 0 radical (unpaired) electrons. The number of amides is 2. The van der Waals surface area contributed by atoms with Crippen molar-refractivity contribution in [2.45, 2.75) is 4.90 Å². The van der Waals surface area contributed by atoms with Crippen molar-refractivity contribution >= 4 is 28.0 Å². The standard InChI is InChI=1S/C10H10N2O7S/c1-19-9(15)6-4-2-3-5(8(13)14)7(6)20(17,18)12-10(11)16/h2-4H,1H3,(H,13,14)(H3,11,12,16). The number of nitrogens with one attached hydrogen (secondary N) is 1. The fourth-order valence-corrected chi connectivity index (χ4v) is 2.70. The molecule has 10 heteroatoms. The Morgan fingerprint density at radius 2 is 1.80 bits per heavy atom. The molecular formula is C10H10N2O7S. The Balaban J connectivity index is 3.67. The zero-order chi connectivity index (χ0) is 15.5. The van der Waals surface area contributed by atoms with Gasteiger partial charge in [-0.3, -0.25) is 0 Å². The number of sulfonamides is 1. The molecule has 0 fully saturated rings. The van der Waals surface area contributed by atoms with Gasteiger partial charge < -0.3 is 15.6 Å².